The van der Waals surface area contributed by atoms with Crippen molar-refractivity contribution in [1.29, 1.82) is 0 Å². The number of benzene rings is 5. The predicted molar refractivity (Wildman–Crippen MR) is 368 cm³/mol. The van der Waals surface area contributed by atoms with Crippen LogP contribution in [0.5, 0.6) is 0 Å². The third-order valence-corrected chi connectivity index (χ3v) is 16.3. The number of hydrogen-bond acceptors (Lipinski definition) is 0. The molecule has 0 N–H and O–H groups in total. The summed E-state index contributed by atoms with van der Waals surface area (Å²) in [6.45, 7) is 30.5. The third kappa shape index (κ3) is 18.9. The van der Waals surface area contributed by atoms with Crippen molar-refractivity contribution < 1.29 is 26.9 Å². The van der Waals surface area contributed by atoms with Gasteiger partial charge in [0.05, 0.1) is 0 Å². The fourth-order valence-corrected chi connectivity index (χ4v) is 11.3. The number of hydrogen-bond donors (Lipinski definition) is 0. The second-order valence-corrected chi connectivity index (χ2v) is 25.7. The van der Waals surface area contributed by atoms with Gasteiger partial charge in [0.15, 0.2) is 31.0 Å². The van der Waals surface area contributed by atoms with Gasteiger partial charge in [0.1, 0.15) is 35.2 Å². The molecule has 0 aliphatic heterocycles. The molecule has 0 aliphatic rings. The molecule has 87 heavy (non-hydrogen) atoms. The second kappa shape index (κ2) is 31.5. The highest BCUT2D eigenvalue weighted by atomic mass is 14.9. The number of aryl methyl sites for hydroxylation is 12. The molecular weight excluding hydrogens is 1050 g/mol. The monoisotopic (exact) mass is 1160 g/mol. The van der Waals surface area contributed by atoms with Gasteiger partial charge in [-0.15, -0.1) is 0 Å². The maximum absolute atomic E-state index is 7.64. The third-order valence-electron chi connectivity index (χ3n) is 16.3. The number of rotatable bonds is 10. The molecular formula is C82H104N5+5. The van der Waals surface area contributed by atoms with Crippen molar-refractivity contribution in [3.63, 3.8) is 0 Å². The Morgan fingerprint density at radius 1 is 0.368 bits per heavy atom. The van der Waals surface area contributed by atoms with E-state index in [1.807, 2.05) is 37.6 Å². The van der Waals surface area contributed by atoms with Crippen LogP contribution in [0, 0.1) is 66.7 Å². The molecule has 5 aromatic carbocycles. The van der Waals surface area contributed by atoms with Crippen LogP contribution in [0.3, 0.4) is 0 Å². The van der Waals surface area contributed by atoms with Crippen molar-refractivity contribution in [3.8, 4) is 56.3 Å². The molecule has 0 atom stereocenters. The van der Waals surface area contributed by atoms with E-state index < -0.39 is 6.85 Å². The van der Waals surface area contributed by atoms with E-state index in [-0.39, 0.29) is 0 Å². The standard InChI is InChI=1S/C18H24N.C17H22N.2C16H20N.C15H18N/c1-14-8-6-7-9-16(14)17-11-10-15(13-19(17)5)12-18(2,3)4;1-13(2)11-15-9-10-17(18(4)12-15)16-8-6-5-7-14(16)3;1-11-8-6-7-9-15(11)16-14(4)13(3)12(2)10-17(16)5;1-12(2)14-9-10-16(17(4)11-14)15-8-6-5-7-13(15)3;1-4-13-9-10-15(16(3)11-13)14-8-6-5-7-12(14)2/h6-11,13H,12H2,1-5H3;5-10,12-13H,11H2,1-4H3;6-10H,1-5H3;5-12H,1-4H3;5-11H,4H2,1-3H3/q5*+1/i;;2D3;;. The zero-order chi connectivity index (χ0) is 66.2. The smallest absolute Gasteiger partial charge is 0.201 e. The van der Waals surface area contributed by atoms with Gasteiger partial charge in [0, 0.05) is 89.6 Å². The molecule has 0 bridgehead atoms. The molecule has 0 saturated heterocycles. The van der Waals surface area contributed by atoms with E-state index in [9.17, 15) is 0 Å². The summed E-state index contributed by atoms with van der Waals surface area (Å²) >= 11 is 0. The summed E-state index contributed by atoms with van der Waals surface area (Å²) in [7, 11) is 10.4. The number of aromatic nitrogens is 5. The van der Waals surface area contributed by atoms with Crippen molar-refractivity contribution in [2.24, 2.45) is 46.6 Å². The maximum atomic E-state index is 7.64. The molecule has 5 nitrogen and oxygen atoms in total. The van der Waals surface area contributed by atoms with E-state index >= 15 is 0 Å². The van der Waals surface area contributed by atoms with Gasteiger partial charge in [-0.2, -0.15) is 0 Å². The molecule has 5 aromatic heterocycles. The van der Waals surface area contributed by atoms with Gasteiger partial charge in [-0.25, -0.2) is 22.8 Å². The van der Waals surface area contributed by atoms with E-state index in [0.717, 1.165) is 41.6 Å². The Morgan fingerprint density at radius 3 is 1.06 bits per heavy atom. The highest BCUT2D eigenvalue weighted by Crippen LogP contribution is 2.28. The van der Waals surface area contributed by atoms with Crippen LogP contribution in [0.4, 0.5) is 0 Å². The van der Waals surface area contributed by atoms with Crippen molar-refractivity contribution in [2.45, 2.75) is 136 Å². The second-order valence-electron chi connectivity index (χ2n) is 25.7. The summed E-state index contributed by atoms with van der Waals surface area (Å²) < 4.78 is 33.8. The molecule has 0 aliphatic carbocycles. The lowest BCUT2D eigenvalue weighted by molar-refractivity contribution is -0.661. The SMILES string of the molecule is CCc1ccc(-c2ccccc2C)[n+](C)c1.Cc1ccccc1-c1ccc(C(C)C)c[n+]1C.Cc1ccccc1-c1ccc(CC(C)(C)C)c[n+]1C.Cc1ccccc1-c1ccc(CC(C)C)c[n+]1C.[2H]C([2H])([2H])c1c[n+](C)c(-c2ccccc2C)c(C)c1C. The van der Waals surface area contributed by atoms with E-state index in [1.54, 1.807) is 6.20 Å². The van der Waals surface area contributed by atoms with Crippen molar-refractivity contribution in [2.75, 3.05) is 0 Å². The minimum absolute atomic E-state index is 0.331. The van der Waals surface area contributed by atoms with Crippen LogP contribution in [0.25, 0.3) is 56.3 Å². The summed E-state index contributed by atoms with van der Waals surface area (Å²) in [6.07, 6.45) is 14.0. The minimum Gasteiger partial charge on any atom is -0.201 e. The molecule has 5 heteroatoms. The topological polar surface area (TPSA) is 19.4 Å². The van der Waals surface area contributed by atoms with E-state index in [0.29, 0.717) is 22.8 Å². The van der Waals surface area contributed by atoms with Crippen molar-refractivity contribution >= 4 is 0 Å². The molecule has 0 fully saturated rings. The zero-order valence-electron chi connectivity index (χ0n) is 59.6. The first kappa shape index (κ1) is 63.4. The first-order valence-corrected chi connectivity index (χ1v) is 31.2. The number of nitrogens with zero attached hydrogens (tertiary/aromatic N) is 5. The summed E-state index contributed by atoms with van der Waals surface area (Å²) in [5, 5.41) is 0. The van der Waals surface area contributed by atoms with Gasteiger partial charge in [-0.3, -0.25) is 0 Å². The van der Waals surface area contributed by atoms with E-state index in [1.165, 1.54) is 95.1 Å². The van der Waals surface area contributed by atoms with Gasteiger partial charge in [0.2, 0.25) is 28.5 Å². The Kier molecular flexibility index (Phi) is 22.9. The lowest BCUT2D eigenvalue weighted by Gasteiger charge is -2.17. The van der Waals surface area contributed by atoms with Crippen LogP contribution in [0.15, 0.2) is 201 Å². The zero-order valence-corrected chi connectivity index (χ0v) is 56.6. The van der Waals surface area contributed by atoms with Crippen LogP contribution in [0.1, 0.15) is 132 Å². The normalized spacial score (nSPS) is 11.6. The van der Waals surface area contributed by atoms with Crippen molar-refractivity contribution in [1.82, 2.24) is 0 Å². The van der Waals surface area contributed by atoms with Crippen LogP contribution >= 0.6 is 0 Å². The molecule has 0 saturated carbocycles. The van der Waals surface area contributed by atoms with Crippen LogP contribution < -0.4 is 22.8 Å². The quantitative estimate of drug-likeness (QED) is 0.122. The van der Waals surface area contributed by atoms with Crippen molar-refractivity contribution in [3.05, 3.63) is 268 Å². The molecule has 452 valence electrons. The van der Waals surface area contributed by atoms with E-state index in [2.05, 4.69) is 319 Å². The van der Waals surface area contributed by atoms with Gasteiger partial charge >= 0.3 is 0 Å². The summed E-state index contributed by atoms with van der Waals surface area (Å²) in [5.74, 6) is 1.28. The van der Waals surface area contributed by atoms with Crippen LogP contribution in [-0.2, 0) is 54.5 Å². The fraction of sp³-hybridized carbons (Fsp3) is 0.329. The largest absolute Gasteiger partial charge is 0.215 e. The van der Waals surface area contributed by atoms with Gasteiger partial charge in [-0.05, 0) is 180 Å². The minimum atomic E-state index is -2.07. The Labute approximate surface area is 530 Å². The summed E-state index contributed by atoms with van der Waals surface area (Å²) in [5.41, 5.74) is 27.2. The lowest BCUT2D eigenvalue weighted by Crippen LogP contribution is -2.33. The lowest BCUT2D eigenvalue weighted by atomic mass is 9.88. The predicted octanol–water partition coefficient (Wildman–Crippen LogP) is 17.8. The Hall–Kier alpha value is -8.15. The molecule has 0 amide bonds. The Balaban J connectivity index is 0.000000179. The van der Waals surface area contributed by atoms with Crippen LogP contribution in [0.2, 0.25) is 0 Å². The summed E-state index contributed by atoms with van der Waals surface area (Å²) in [4.78, 5) is 0. The van der Waals surface area contributed by atoms with Gasteiger partial charge in [0.25, 0.3) is 0 Å². The molecule has 5 heterocycles. The first-order valence-electron chi connectivity index (χ1n) is 32.7. The molecule has 0 spiro atoms. The van der Waals surface area contributed by atoms with Gasteiger partial charge < -0.3 is 0 Å². The highest BCUT2D eigenvalue weighted by molar-refractivity contribution is 5.66. The molecule has 0 unspecified atom stereocenters. The van der Waals surface area contributed by atoms with E-state index in [4.69, 9.17) is 4.11 Å². The van der Waals surface area contributed by atoms with Gasteiger partial charge in [-0.1, -0.05) is 146 Å². The average molecular weight is 1160 g/mol. The fourth-order valence-electron chi connectivity index (χ4n) is 11.3. The molecule has 0 radical (unpaired) electrons. The van der Waals surface area contributed by atoms with Crippen LogP contribution in [-0.4, -0.2) is 0 Å². The Bertz CT molecular complexity index is 4010. The average Bonchev–Trinajstić information content (AvgIpc) is 1.06. The Morgan fingerprint density at radius 2 is 0.713 bits per heavy atom. The summed E-state index contributed by atoms with van der Waals surface area (Å²) in [6, 6.07) is 60.1. The first-order chi connectivity index (χ1) is 42.5. The maximum Gasteiger partial charge on any atom is 0.215 e. The number of pyridine rings is 5. The highest BCUT2D eigenvalue weighted by Gasteiger charge is 2.21. The molecule has 10 rings (SSSR count). The molecule has 10 aromatic rings.